The second-order valence-corrected chi connectivity index (χ2v) is 6.21. The Morgan fingerprint density at radius 3 is 3.00 bits per heavy atom. The molecule has 0 bridgehead atoms. The van der Waals surface area contributed by atoms with Crippen LogP contribution in [-0.4, -0.2) is 20.4 Å². The second-order valence-electron chi connectivity index (χ2n) is 5.29. The van der Waals surface area contributed by atoms with Crippen LogP contribution in [0.1, 0.15) is 18.4 Å². The van der Waals surface area contributed by atoms with Crippen LogP contribution in [0.2, 0.25) is 0 Å². The summed E-state index contributed by atoms with van der Waals surface area (Å²) in [4.78, 5) is 42.7. The molecule has 0 aliphatic rings. The lowest BCUT2D eigenvalue weighted by atomic mass is 10.2. The van der Waals surface area contributed by atoms with Crippen molar-refractivity contribution in [2.24, 2.45) is 0 Å². The van der Waals surface area contributed by atoms with Gasteiger partial charge in [0, 0.05) is 31.9 Å². The molecule has 3 aromatic rings. The van der Waals surface area contributed by atoms with E-state index >= 15 is 0 Å². The van der Waals surface area contributed by atoms with Gasteiger partial charge in [-0.1, -0.05) is 6.07 Å². The van der Waals surface area contributed by atoms with Crippen LogP contribution in [0.4, 0.5) is 0 Å². The summed E-state index contributed by atoms with van der Waals surface area (Å²) in [5, 5.41) is 4.55. The average Bonchev–Trinajstić information content (AvgIpc) is 3.05. The molecule has 3 rings (SSSR count). The molecule has 0 radical (unpaired) electrons. The zero-order chi connectivity index (χ0) is 16.9. The Balaban J connectivity index is 1.56. The van der Waals surface area contributed by atoms with Gasteiger partial charge in [0.1, 0.15) is 4.70 Å². The molecule has 0 aliphatic carbocycles. The number of H-pyrrole nitrogens is 1. The average molecular weight is 344 g/mol. The predicted molar refractivity (Wildman–Crippen MR) is 92.0 cm³/mol. The Kier molecular flexibility index (Phi) is 4.85. The highest BCUT2D eigenvalue weighted by Crippen LogP contribution is 2.12. The van der Waals surface area contributed by atoms with Gasteiger partial charge >= 0.3 is 5.69 Å². The Labute approximate surface area is 141 Å². The van der Waals surface area contributed by atoms with Crippen LogP contribution in [0.25, 0.3) is 10.2 Å². The minimum Gasteiger partial charge on any atom is -0.352 e. The standard InChI is InChI=1S/C16H16N4O3S/c21-13(18-10-11-3-1-6-17-9-11)4-2-7-20-15(22)14-12(5-8-24-14)19-16(20)23/h1,3,5-6,8-9H,2,4,7,10H2,(H,18,21)(H,19,23). The van der Waals surface area contributed by atoms with Gasteiger partial charge in [-0.15, -0.1) is 11.3 Å². The molecule has 3 aromatic heterocycles. The zero-order valence-electron chi connectivity index (χ0n) is 12.8. The molecular weight excluding hydrogens is 328 g/mol. The number of nitrogens with zero attached hydrogens (tertiary/aromatic N) is 2. The lowest BCUT2D eigenvalue weighted by Gasteiger charge is -2.06. The van der Waals surface area contributed by atoms with E-state index < -0.39 is 5.69 Å². The summed E-state index contributed by atoms with van der Waals surface area (Å²) in [5.74, 6) is -0.125. The van der Waals surface area contributed by atoms with E-state index in [1.165, 1.54) is 11.3 Å². The van der Waals surface area contributed by atoms with Gasteiger partial charge in [0.25, 0.3) is 5.56 Å². The van der Waals surface area contributed by atoms with Crippen molar-refractivity contribution in [3.63, 3.8) is 0 Å². The molecule has 1 amide bonds. The fourth-order valence-corrected chi connectivity index (χ4v) is 3.16. The third-order valence-corrected chi connectivity index (χ3v) is 4.49. The van der Waals surface area contributed by atoms with Crippen LogP contribution in [-0.2, 0) is 17.9 Å². The molecule has 2 N–H and O–H groups in total. The first kappa shape index (κ1) is 16.1. The van der Waals surface area contributed by atoms with Crippen molar-refractivity contribution in [1.29, 1.82) is 0 Å². The van der Waals surface area contributed by atoms with Crippen molar-refractivity contribution >= 4 is 27.5 Å². The molecule has 8 heteroatoms. The van der Waals surface area contributed by atoms with E-state index in [-0.39, 0.29) is 24.4 Å². The van der Waals surface area contributed by atoms with Gasteiger partial charge in [0.15, 0.2) is 0 Å². The summed E-state index contributed by atoms with van der Waals surface area (Å²) in [5.41, 5.74) is 0.725. The van der Waals surface area contributed by atoms with Crippen LogP contribution in [0.3, 0.4) is 0 Å². The topological polar surface area (TPSA) is 96.9 Å². The number of amides is 1. The molecule has 0 atom stereocenters. The highest BCUT2D eigenvalue weighted by atomic mass is 32.1. The van der Waals surface area contributed by atoms with Crippen molar-refractivity contribution < 1.29 is 4.79 Å². The summed E-state index contributed by atoms with van der Waals surface area (Å²) in [6.07, 6.45) is 4.02. The van der Waals surface area contributed by atoms with Gasteiger partial charge in [-0.3, -0.25) is 19.1 Å². The normalized spacial score (nSPS) is 10.8. The number of fused-ring (bicyclic) bond motifs is 1. The van der Waals surface area contributed by atoms with E-state index in [1.54, 1.807) is 29.9 Å². The largest absolute Gasteiger partial charge is 0.352 e. The lowest BCUT2D eigenvalue weighted by molar-refractivity contribution is -0.121. The minimum atomic E-state index is -0.443. The molecule has 0 aliphatic heterocycles. The molecule has 0 unspecified atom stereocenters. The highest BCUT2D eigenvalue weighted by molar-refractivity contribution is 7.17. The van der Waals surface area contributed by atoms with Gasteiger partial charge < -0.3 is 10.3 Å². The van der Waals surface area contributed by atoms with E-state index in [0.717, 1.165) is 10.1 Å². The number of hydrogen-bond donors (Lipinski definition) is 2. The minimum absolute atomic E-state index is 0.125. The molecule has 0 fully saturated rings. The lowest BCUT2D eigenvalue weighted by Crippen LogP contribution is -2.35. The van der Waals surface area contributed by atoms with E-state index in [4.69, 9.17) is 0 Å². The number of rotatable bonds is 6. The maximum atomic E-state index is 12.2. The van der Waals surface area contributed by atoms with Crippen LogP contribution in [0.15, 0.2) is 45.6 Å². The SMILES string of the molecule is O=C(CCCn1c(=O)[nH]c2ccsc2c1=O)NCc1cccnc1. The zero-order valence-corrected chi connectivity index (χ0v) is 13.6. The second kappa shape index (κ2) is 7.22. The van der Waals surface area contributed by atoms with Crippen molar-refractivity contribution in [3.05, 3.63) is 62.4 Å². The molecule has 0 saturated heterocycles. The molecule has 0 aromatic carbocycles. The summed E-state index contributed by atoms with van der Waals surface area (Å²) in [6.45, 7) is 0.622. The van der Waals surface area contributed by atoms with E-state index in [9.17, 15) is 14.4 Å². The van der Waals surface area contributed by atoms with Gasteiger partial charge in [-0.25, -0.2) is 4.79 Å². The van der Waals surface area contributed by atoms with Crippen LogP contribution in [0.5, 0.6) is 0 Å². The van der Waals surface area contributed by atoms with Crippen LogP contribution in [0, 0.1) is 0 Å². The molecule has 3 heterocycles. The maximum Gasteiger partial charge on any atom is 0.328 e. The third-order valence-electron chi connectivity index (χ3n) is 3.59. The number of pyridine rings is 1. The Morgan fingerprint density at radius 1 is 1.33 bits per heavy atom. The molecule has 24 heavy (non-hydrogen) atoms. The number of aromatic amines is 1. The van der Waals surface area contributed by atoms with Gasteiger partial charge in [0.05, 0.1) is 5.52 Å². The first-order valence-corrected chi connectivity index (χ1v) is 8.39. The molecule has 124 valence electrons. The number of aromatic nitrogens is 3. The molecule has 7 nitrogen and oxygen atoms in total. The van der Waals surface area contributed by atoms with Crippen molar-refractivity contribution in [3.8, 4) is 0 Å². The Morgan fingerprint density at radius 2 is 2.21 bits per heavy atom. The van der Waals surface area contributed by atoms with Gasteiger partial charge in [-0.05, 0) is 29.5 Å². The predicted octanol–water partition coefficient (Wildman–Crippen LogP) is 1.24. The summed E-state index contributed by atoms with van der Waals surface area (Å²) >= 11 is 1.29. The van der Waals surface area contributed by atoms with Crippen molar-refractivity contribution in [2.45, 2.75) is 25.9 Å². The van der Waals surface area contributed by atoms with Gasteiger partial charge in [-0.2, -0.15) is 0 Å². The summed E-state index contributed by atoms with van der Waals surface area (Å²) in [7, 11) is 0. The van der Waals surface area contributed by atoms with Crippen molar-refractivity contribution in [1.82, 2.24) is 19.9 Å². The first-order chi connectivity index (χ1) is 11.6. The monoisotopic (exact) mass is 344 g/mol. The molecular formula is C16H16N4O3S. The third kappa shape index (κ3) is 3.60. The molecule has 0 saturated carbocycles. The highest BCUT2D eigenvalue weighted by Gasteiger charge is 2.09. The van der Waals surface area contributed by atoms with Crippen molar-refractivity contribution in [2.75, 3.05) is 0 Å². The fraction of sp³-hybridized carbons (Fsp3) is 0.250. The number of carbonyl (C=O) groups is 1. The van der Waals surface area contributed by atoms with Crippen LogP contribution < -0.4 is 16.6 Å². The number of nitrogens with one attached hydrogen (secondary N) is 2. The summed E-state index contributed by atoms with van der Waals surface area (Å²) in [6, 6.07) is 5.39. The Hall–Kier alpha value is -2.74. The quantitative estimate of drug-likeness (QED) is 0.703. The van der Waals surface area contributed by atoms with E-state index in [1.807, 2.05) is 6.07 Å². The first-order valence-electron chi connectivity index (χ1n) is 7.51. The van der Waals surface area contributed by atoms with E-state index in [2.05, 4.69) is 15.3 Å². The summed E-state index contributed by atoms with van der Waals surface area (Å²) < 4.78 is 1.67. The van der Waals surface area contributed by atoms with Gasteiger partial charge in [0.2, 0.25) is 5.91 Å². The number of hydrogen-bond acceptors (Lipinski definition) is 5. The number of thiophene rings is 1. The fourth-order valence-electron chi connectivity index (χ4n) is 2.36. The maximum absolute atomic E-state index is 12.2. The smallest absolute Gasteiger partial charge is 0.328 e. The van der Waals surface area contributed by atoms with E-state index in [0.29, 0.717) is 23.2 Å². The Bertz CT molecular complexity index is 959. The molecule has 0 spiro atoms. The van der Waals surface area contributed by atoms with Crippen LogP contribution >= 0.6 is 11.3 Å². The number of carbonyl (C=O) groups excluding carboxylic acids is 1.